The Morgan fingerprint density at radius 2 is 1.87 bits per heavy atom. The Kier molecular flexibility index (Phi) is 5.06. The number of allylic oxidation sites excluding steroid dienone is 1. The summed E-state index contributed by atoms with van der Waals surface area (Å²) in [5.74, 6) is -0.0304. The van der Waals surface area contributed by atoms with Crippen molar-refractivity contribution in [3.8, 4) is 28.6 Å². The van der Waals surface area contributed by atoms with Crippen LogP contribution in [-0.2, 0) is 0 Å². The van der Waals surface area contributed by atoms with Gasteiger partial charge in [0.2, 0.25) is 11.2 Å². The fraction of sp³-hybridized carbons (Fsp3) is 0.320. The molecule has 1 aromatic heterocycles. The molecule has 0 saturated carbocycles. The van der Waals surface area contributed by atoms with Crippen LogP contribution in [0.4, 0.5) is 0 Å². The van der Waals surface area contributed by atoms with E-state index >= 15 is 0 Å². The Balaban J connectivity index is 1.83. The third-order valence-corrected chi connectivity index (χ3v) is 6.07. The van der Waals surface area contributed by atoms with Gasteiger partial charge in [0.25, 0.3) is 0 Å². The molecule has 4 rings (SSSR count). The molecule has 1 unspecified atom stereocenters. The highest BCUT2D eigenvalue weighted by Gasteiger charge is 2.37. The molecule has 1 atom stereocenters. The van der Waals surface area contributed by atoms with Crippen molar-refractivity contribution >= 4 is 11.0 Å². The number of aromatic hydroxyl groups is 2. The number of rotatable bonds is 4. The van der Waals surface area contributed by atoms with Gasteiger partial charge in [-0.25, -0.2) is 0 Å². The van der Waals surface area contributed by atoms with Crippen molar-refractivity contribution in [3.63, 3.8) is 0 Å². The number of phenols is 1. The lowest BCUT2D eigenvalue weighted by Crippen LogP contribution is -2.42. The van der Waals surface area contributed by atoms with Crippen molar-refractivity contribution in [3.05, 3.63) is 64.3 Å². The van der Waals surface area contributed by atoms with Crippen LogP contribution < -0.4 is 10.2 Å². The Bertz CT molecular complexity index is 1170. The number of benzene rings is 2. The zero-order valence-corrected chi connectivity index (χ0v) is 17.4. The van der Waals surface area contributed by atoms with Crippen LogP contribution in [0.3, 0.4) is 0 Å². The molecule has 30 heavy (non-hydrogen) atoms. The zero-order valence-electron chi connectivity index (χ0n) is 17.4. The third-order valence-electron chi connectivity index (χ3n) is 6.07. The van der Waals surface area contributed by atoms with Gasteiger partial charge in [-0.3, -0.25) is 4.79 Å². The maximum absolute atomic E-state index is 12.7. The molecule has 0 radical (unpaired) electrons. The maximum Gasteiger partial charge on any atom is 0.238 e. The highest BCUT2D eigenvalue weighted by atomic mass is 16.5. The molecule has 0 bridgehead atoms. The summed E-state index contributed by atoms with van der Waals surface area (Å²) in [7, 11) is 0. The minimum atomic E-state index is -0.672. The monoisotopic (exact) mass is 406 g/mol. The summed E-state index contributed by atoms with van der Waals surface area (Å²) in [6, 6.07) is 12.0. The lowest BCUT2D eigenvalue weighted by molar-refractivity contribution is 0.0120. The van der Waals surface area contributed by atoms with E-state index in [-0.39, 0.29) is 34.0 Å². The predicted molar refractivity (Wildman–Crippen MR) is 117 cm³/mol. The topological polar surface area (TPSA) is 79.9 Å². The molecule has 1 aliphatic rings. The molecule has 156 valence electrons. The molecular weight excluding hydrogens is 380 g/mol. The smallest absolute Gasteiger partial charge is 0.238 e. The van der Waals surface area contributed by atoms with Crippen molar-refractivity contribution in [2.24, 2.45) is 5.92 Å². The van der Waals surface area contributed by atoms with Crippen LogP contribution in [0.1, 0.15) is 40.0 Å². The average molecular weight is 406 g/mol. The van der Waals surface area contributed by atoms with Crippen LogP contribution in [0.5, 0.6) is 17.2 Å². The molecule has 0 saturated heterocycles. The molecule has 0 fully saturated rings. The summed E-state index contributed by atoms with van der Waals surface area (Å²) >= 11 is 0. The van der Waals surface area contributed by atoms with E-state index in [1.165, 1.54) is 11.6 Å². The van der Waals surface area contributed by atoms with Crippen molar-refractivity contribution in [2.75, 3.05) is 0 Å². The van der Waals surface area contributed by atoms with E-state index in [9.17, 15) is 15.0 Å². The van der Waals surface area contributed by atoms with Gasteiger partial charge in [0, 0.05) is 24.1 Å². The van der Waals surface area contributed by atoms with E-state index in [2.05, 4.69) is 26.8 Å². The lowest BCUT2D eigenvalue weighted by atomic mass is 9.78. The summed E-state index contributed by atoms with van der Waals surface area (Å²) in [4.78, 5) is 12.7. The van der Waals surface area contributed by atoms with Crippen molar-refractivity contribution in [2.45, 2.75) is 45.6 Å². The van der Waals surface area contributed by atoms with Crippen LogP contribution in [0.2, 0.25) is 0 Å². The van der Waals surface area contributed by atoms with Crippen LogP contribution in [-0.4, -0.2) is 15.8 Å². The number of phenolic OH excluding ortho intramolecular Hbond substituents is 1. The fourth-order valence-corrected chi connectivity index (χ4v) is 4.04. The molecule has 2 N–H and O–H groups in total. The molecule has 0 spiro atoms. The number of fused-ring (bicyclic) bond motifs is 1. The third kappa shape index (κ3) is 3.45. The Morgan fingerprint density at radius 3 is 2.50 bits per heavy atom. The van der Waals surface area contributed by atoms with Gasteiger partial charge < -0.3 is 19.4 Å². The fourth-order valence-electron chi connectivity index (χ4n) is 4.04. The van der Waals surface area contributed by atoms with E-state index < -0.39 is 11.2 Å². The molecular formula is C25H26O5. The summed E-state index contributed by atoms with van der Waals surface area (Å²) in [5, 5.41) is 20.9. The summed E-state index contributed by atoms with van der Waals surface area (Å²) < 4.78 is 12.3. The number of hydrogen-bond acceptors (Lipinski definition) is 5. The van der Waals surface area contributed by atoms with Crippen molar-refractivity contribution < 1.29 is 19.4 Å². The van der Waals surface area contributed by atoms with Gasteiger partial charge in [-0.15, -0.1) is 0 Å². The Labute approximate surface area is 175 Å². The van der Waals surface area contributed by atoms with Gasteiger partial charge in [-0.05, 0) is 25.7 Å². The van der Waals surface area contributed by atoms with Gasteiger partial charge >= 0.3 is 0 Å². The highest BCUT2D eigenvalue weighted by molar-refractivity contribution is 5.88. The summed E-state index contributed by atoms with van der Waals surface area (Å²) in [5.41, 5.74) is 1.04. The van der Waals surface area contributed by atoms with Crippen LogP contribution in [0, 0.1) is 5.92 Å². The second kappa shape index (κ2) is 7.56. The normalized spacial score (nSPS) is 19.1. The first-order valence-corrected chi connectivity index (χ1v) is 10.2. The standard InChI is InChI=1S/C25H26O5/c1-15(2)25(11-9-16(3)10-12-25)30-18-13-19(26)21-20(14-18)29-24(23(28)22(21)27)17-7-5-4-6-8-17/h4-9,13-15,26,28H,10-12H2,1-3H3. The second-order valence-corrected chi connectivity index (χ2v) is 8.37. The molecule has 0 aliphatic heterocycles. The molecule has 1 aliphatic carbocycles. The zero-order chi connectivity index (χ0) is 21.5. The van der Waals surface area contributed by atoms with Gasteiger partial charge in [-0.1, -0.05) is 55.8 Å². The molecule has 5 heteroatoms. The molecule has 0 amide bonds. The van der Waals surface area contributed by atoms with E-state index in [1.807, 2.05) is 6.07 Å². The SMILES string of the molecule is CC1=CCC(Oc2cc(O)c3c(=O)c(O)c(-c4ccccc4)oc3c2)(C(C)C)CC1. The molecule has 3 aromatic rings. The number of ether oxygens (including phenoxy) is 1. The van der Waals surface area contributed by atoms with Crippen LogP contribution in [0.15, 0.2) is 63.3 Å². The van der Waals surface area contributed by atoms with E-state index in [4.69, 9.17) is 9.15 Å². The summed E-state index contributed by atoms with van der Waals surface area (Å²) in [6.45, 7) is 6.38. The predicted octanol–water partition coefficient (Wildman–Crippen LogP) is 5.78. The second-order valence-electron chi connectivity index (χ2n) is 8.37. The first kappa shape index (κ1) is 20.1. The first-order chi connectivity index (χ1) is 14.3. The quantitative estimate of drug-likeness (QED) is 0.537. The van der Waals surface area contributed by atoms with E-state index in [0.717, 1.165) is 19.3 Å². The average Bonchev–Trinajstić information content (AvgIpc) is 2.72. The lowest BCUT2D eigenvalue weighted by Gasteiger charge is -2.40. The number of hydrogen-bond donors (Lipinski definition) is 2. The molecule has 1 heterocycles. The van der Waals surface area contributed by atoms with Crippen LogP contribution in [0.25, 0.3) is 22.3 Å². The van der Waals surface area contributed by atoms with Crippen molar-refractivity contribution in [1.82, 2.24) is 0 Å². The Morgan fingerprint density at radius 1 is 1.13 bits per heavy atom. The molecule has 5 nitrogen and oxygen atoms in total. The van der Waals surface area contributed by atoms with Gasteiger partial charge in [0.15, 0.2) is 5.76 Å². The molecule has 2 aromatic carbocycles. The minimum absolute atomic E-state index is 0.0579. The van der Waals surface area contributed by atoms with E-state index in [1.54, 1.807) is 30.3 Å². The Hall–Kier alpha value is -3.21. The van der Waals surface area contributed by atoms with Gasteiger partial charge in [0.1, 0.15) is 28.1 Å². The van der Waals surface area contributed by atoms with Crippen LogP contribution >= 0.6 is 0 Å². The largest absolute Gasteiger partial charge is 0.507 e. The summed E-state index contributed by atoms with van der Waals surface area (Å²) in [6.07, 6.45) is 4.82. The first-order valence-electron chi connectivity index (χ1n) is 10.2. The van der Waals surface area contributed by atoms with Crippen molar-refractivity contribution in [1.29, 1.82) is 0 Å². The van der Waals surface area contributed by atoms with Gasteiger partial charge in [0.05, 0.1) is 0 Å². The maximum atomic E-state index is 12.7. The van der Waals surface area contributed by atoms with Gasteiger partial charge in [-0.2, -0.15) is 0 Å². The minimum Gasteiger partial charge on any atom is -0.507 e. The highest BCUT2D eigenvalue weighted by Crippen LogP contribution is 2.41. The van der Waals surface area contributed by atoms with E-state index in [0.29, 0.717) is 11.3 Å².